The van der Waals surface area contributed by atoms with Crippen LogP contribution in [0, 0.1) is 5.92 Å². The number of carbonyl (C=O) groups excluding carboxylic acids is 2. The van der Waals surface area contributed by atoms with E-state index in [1.165, 1.54) is 7.11 Å². The minimum atomic E-state index is -0.927. The number of hydrogen-bond donors (Lipinski definition) is 0. The van der Waals surface area contributed by atoms with Gasteiger partial charge in [-0.15, -0.1) is 0 Å². The average molecular weight is 400 g/mol. The van der Waals surface area contributed by atoms with Gasteiger partial charge in [0.25, 0.3) is 0 Å². The molecule has 6 heteroatoms. The molecule has 0 bridgehead atoms. The van der Waals surface area contributed by atoms with Gasteiger partial charge in [0, 0.05) is 5.56 Å². The fraction of sp³-hybridized carbons (Fsp3) is 0.391. The number of Topliss-reactive ketones (excluding diaryl/α,β-unsaturated/α-hetero) is 1. The third kappa shape index (κ3) is 6.24. The minimum absolute atomic E-state index is 0.282. The first-order chi connectivity index (χ1) is 13.8. The highest BCUT2D eigenvalue weighted by Gasteiger charge is 2.21. The average Bonchev–Trinajstić information content (AvgIpc) is 2.72. The van der Waals surface area contributed by atoms with Crippen molar-refractivity contribution in [3.8, 4) is 17.2 Å². The Bertz CT molecular complexity index is 826. The van der Waals surface area contributed by atoms with Gasteiger partial charge in [-0.05, 0) is 62.2 Å². The summed E-state index contributed by atoms with van der Waals surface area (Å²) in [5, 5.41) is 0. The van der Waals surface area contributed by atoms with Gasteiger partial charge in [-0.2, -0.15) is 0 Å². The lowest BCUT2D eigenvalue weighted by molar-refractivity contribution is 0.0318. The van der Waals surface area contributed by atoms with Crippen LogP contribution in [0.25, 0.3) is 0 Å². The Morgan fingerprint density at radius 3 is 2.14 bits per heavy atom. The van der Waals surface area contributed by atoms with Gasteiger partial charge >= 0.3 is 5.97 Å². The van der Waals surface area contributed by atoms with E-state index < -0.39 is 12.1 Å². The molecule has 1 atom stereocenters. The van der Waals surface area contributed by atoms with Crippen LogP contribution in [0.5, 0.6) is 17.2 Å². The highest BCUT2D eigenvalue weighted by molar-refractivity contribution is 6.01. The molecule has 0 saturated carbocycles. The first-order valence-corrected chi connectivity index (χ1v) is 9.64. The molecule has 0 aliphatic carbocycles. The van der Waals surface area contributed by atoms with Crippen molar-refractivity contribution >= 4 is 11.8 Å². The smallest absolute Gasteiger partial charge is 0.338 e. The Morgan fingerprint density at radius 1 is 0.897 bits per heavy atom. The molecule has 0 heterocycles. The van der Waals surface area contributed by atoms with Gasteiger partial charge in [-0.3, -0.25) is 4.79 Å². The molecule has 2 rings (SSSR count). The molecule has 0 fully saturated rings. The summed E-state index contributed by atoms with van der Waals surface area (Å²) in [7, 11) is 1.50. The highest BCUT2D eigenvalue weighted by atomic mass is 16.5. The molecule has 156 valence electrons. The first-order valence-electron chi connectivity index (χ1n) is 9.64. The van der Waals surface area contributed by atoms with Gasteiger partial charge in [0.15, 0.2) is 17.6 Å². The minimum Gasteiger partial charge on any atom is -0.494 e. The third-order valence-corrected chi connectivity index (χ3v) is 4.07. The van der Waals surface area contributed by atoms with E-state index in [4.69, 9.17) is 18.9 Å². The molecule has 6 nitrogen and oxygen atoms in total. The summed E-state index contributed by atoms with van der Waals surface area (Å²) in [6, 6.07) is 11.5. The SMILES string of the molecule is CCOc1ccc(C(=O)[C@H](C)OC(=O)c2ccc(OCC(C)C)c(OC)c2)cc1. The van der Waals surface area contributed by atoms with Crippen molar-refractivity contribution in [1.29, 1.82) is 0 Å². The molecular weight excluding hydrogens is 372 g/mol. The summed E-state index contributed by atoms with van der Waals surface area (Å²) in [5.41, 5.74) is 0.730. The molecule has 0 spiro atoms. The number of ether oxygens (including phenoxy) is 4. The summed E-state index contributed by atoms with van der Waals surface area (Å²) in [6.45, 7) is 8.61. The number of methoxy groups -OCH3 is 1. The normalized spacial score (nSPS) is 11.7. The maximum Gasteiger partial charge on any atom is 0.338 e. The van der Waals surface area contributed by atoms with Gasteiger partial charge in [-0.1, -0.05) is 13.8 Å². The molecule has 0 saturated heterocycles. The van der Waals surface area contributed by atoms with Crippen LogP contribution in [0.15, 0.2) is 42.5 Å². The molecule has 0 aliphatic rings. The summed E-state index contributed by atoms with van der Waals surface area (Å²) >= 11 is 0. The van der Waals surface area contributed by atoms with Crippen molar-refractivity contribution in [2.75, 3.05) is 20.3 Å². The van der Waals surface area contributed by atoms with Crippen LogP contribution in [0.1, 0.15) is 48.4 Å². The van der Waals surface area contributed by atoms with Crippen molar-refractivity contribution in [2.45, 2.75) is 33.8 Å². The van der Waals surface area contributed by atoms with Gasteiger partial charge in [0.05, 0.1) is 25.9 Å². The Kier molecular flexibility index (Phi) is 8.07. The number of ketones is 1. The number of rotatable bonds is 10. The number of esters is 1. The van der Waals surface area contributed by atoms with Crippen LogP contribution in [0.2, 0.25) is 0 Å². The number of benzene rings is 2. The molecular formula is C23H28O6. The lowest BCUT2D eigenvalue weighted by atomic mass is 10.1. The fourth-order valence-corrected chi connectivity index (χ4v) is 2.57. The standard InChI is InChI=1S/C23H28O6/c1-6-27-19-10-7-17(8-11-19)22(24)16(4)29-23(25)18-9-12-20(21(13-18)26-5)28-14-15(2)3/h7-13,15-16H,6,14H2,1-5H3/t16-/m0/s1. The lowest BCUT2D eigenvalue weighted by Crippen LogP contribution is -2.24. The van der Waals surface area contributed by atoms with E-state index in [2.05, 4.69) is 0 Å². The molecule has 2 aromatic carbocycles. The van der Waals surface area contributed by atoms with E-state index >= 15 is 0 Å². The molecule has 0 aliphatic heterocycles. The van der Waals surface area contributed by atoms with E-state index in [1.807, 2.05) is 20.8 Å². The monoisotopic (exact) mass is 400 g/mol. The zero-order valence-corrected chi connectivity index (χ0v) is 17.6. The van der Waals surface area contributed by atoms with E-state index in [0.29, 0.717) is 41.9 Å². The third-order valence-electron chi connectivity index (χ3n) is 4.07. The number of hydrogen-bond acceptors (Lipinski definition) is 6. The maximum atomic E-state index is 12.5. The Labute approximate surface area is 171 Å². The number of carbonyl (C=O) groups is 2. The Hall–Kier alpha value is -3.02. The second-order valence-electron chi connectivity index (χ2n) is 6.94. The lowest BCUT2D eigenvalue weighted by Gasteiger charge is -2.15. The van der Waals surface area contributed by atoms with Gasteiger partial charge in [0.2, 0.25) is 5.78 Å². The van der Waals surface area contributed by atoms with Crippen molar-refractivity contribution in [3.05, 3.63) is 53.6 Å². The van der Waals surface area contributed by atoms with Crippen LogP contribution in [0.4, 0.5) is 0 Å². The van der Waals surface area contributed by atoms with E-state index in [9.17, 15) is 9.59 Å². The highest BCUT2D eigenvalue weighted by Crippen LogP contribution is 2.29. The van der Waals surface area contributed by atoms with E-state index in [1.54, 1.807) is 49.4 Å². The summed E-state index contributed by atoms with van der Waals surface area (Å²) in [6.07, 6.45) is -0.927. The predicted octanol–water partition coefficient (Wildman–Crippen LogP) is 4.56. The molecule has 0 unspecified atom stereocenters. The molecule has 0 amide bonds. The van der Waals surface area contributed by atoms with E-state index in [0.717, 1.165) is 0 Å². The first kappa shape index (κ1) is 22.3. The second-order valence-corrected chi connectivity index (χ2v) is 6.94. The Morgan fingerprint density at radius 2 is 1.55 bits per heavy atom. The fourth-order valence-electron chi connectivity index (χ4n) is 2.57. The van der Waals surface area contributed by atoms with Crippen LogP contribution < -0.4 is 14.2 Å². The summed E-state index contributed by atoms with van der Waals surface area (Å²) < 4.78 is 21.7. The zero-order valence-electron chi connectivity index (χ0n) is 17.6. The van der Waals surface area contributed by atoms with Crippen LogP contribution in [-0.2, 0) is 4.74 Å². The van der Waals surface area contributed by atoms with Gasteiger partial charge in [0.1, 0.15) is 5.75 Å². The molecule has 0 radical (unpaired) electrons. The van der Waals surface area contributed by atoms with Gasteiger partial charge in [-0.25, -0.2) is 4.79 Å². The van der Waals surface area contributed by atoms with Crippen LogP contribution in [-0.4, -0.2) is 38.2 Å². The van der Waals surface area contributed by atoms with Crippen molar-refractivity contribution < 1.29 is 28.5 Å². The van der Waals surface area contributed by atoms with Gasteiger partial charge < -0.3 is 18.9 Å². The van der Waals surface area contributed by atoms with Crippen LogP contribution in [0.3, 0.4) is 0 Å². The quantitative estimate of drug-likeness (QED) is 0.430. The molecule has 29 heavy (non-hydrogen) atoms. The largest absolute Gasteiger partial charge is 0.494 e. The van der Waals surface area contributed by atoms with Crippen molar-refractivity contribution in [2.24, 2.45) is 5.92 Å². The molecule has 2 aromatic rings. The molecule has 0 N–H and O–H groups in total. The van der Waals surface area contributed by atoms with E-state index in [-0.39, 0.29) is 11.3 Å². The molecule has 0 aromatic heterocycles. The second kappa shape index (κ2) is 10.5. The predicted molar refractivity (Wildman–Crippen MR) is 110 cm³/mol. The summed E-state index contributed by atoms with van der Waals surface area (Å²) in [4.78, 5) is 25.0. The van der Waals surface area contributed by atoms with Crippen LogP contribution >= 0.6 is 0 Å². The van der Waals surface area contributed by atoms with Crippen molar-refractivity contribution in [3.63, 3.8) is 0 Å². The maximum absolute atomic E-state index is 12.5. The topological polar surface area (TPSA) is 71.1 Å². The summed E-state index contributed by atoms with van der Waals surface area (Å²) in [5.74, 6) is 1.14. The Balaban J connectivity index is 2.05. The van der Waals surface area contributed by atoms with Crippen molar-refractivity contribution in [1.82, 2.24) is 0 Å². The zero-order chi connectivity index (χ0) is 21.4.